The number of rotatable bonds is 4. The first kappa shape index (κ1) is 13.1. The molecular formula is C14H22N2O3. The smallest absolute Gasteiger partial charge is 0.235 e. The predicted molar refractivity (Wildman–Crippen MR) is 69.1 cm³/mol. The summed E-state index contributed by atoms with van der Waals surface area (Å²) in [6.07, 6.45) is 6.62. The minimum atomic E-state index is -0.0365. The van der Waals surface area contributed by atoms with Gasteiger partial charge in [-0.05, 0) is 25.7 Å². The molecule has 106 valence electrons. The number of hydrogen-bond donors (Lipinski definition) is 0. The highest BCUT2D eigenvalue weighted by molar-refractivity contribution is 5.10. The molecule has 1 aromatic heterocycles. The van der Waals surface area contributed by atoms with Crippen molar-refractivity contribution in [2.45, 2.75) is 49.9 Å². The van der Waals surface area contributed by atoms with Gasteiger partial charge in [0.15, 0.2) is 5.82 Å². The zero-order chi connectivity index (χ0) is 13.1. The molecule has 1 saturated carbocycles. The Kier molecular flexibility index (Phi) is 3.84. The van der Waals surface area contributed by atoms with Crippen LogP contribution >= 0.6 is 0 Å². The van der Waals surface area contributed by atoms with Crippen molar-refractivity contribution in [1.82, 2.24) is 10.1 Å². The highest BCUT2D eigenvalue weighted by atomic mass is 16.5. The van der Waals surface area contributed by atoms with Gasteiger partial charge in [-0.15, -0.1) is 0 Å². The Hall–Kier alpha value is -0.940. The minimum absolute atomic E-state index is 0.0365. The van der Waals surface area contributed by atoms with Crippen LogP contribution in [-0.4, -0.2) is 37.1 Å². The summed E-state index contributed by atoms with van der Waals surface area (Å²) >= 11 is 0. The normalized spacial score (nSPS) is 23.8. The third kappa shape index (κ3) is 2.54. The lowest BCUT2D eigenvalue weighted by Crippen LogP contribution is -2.28. The molecule has 1 aliphatic carbocycles. The van der Waals surface area contributed by atoms with Crippen molar-refractivity contribution in [3.8, 4) is 0 Å². The Balaban J connectivity index is 1.79. The molecule has 1 aromatic rings. The second kappa shape index (κ2) is 5.59. The third-order valence-corrected chi connectivity index (χ3v) is 4.46. The largest absolute Gasteiger partial charge is 0.384 e. The van der Waals surface area contributed by atoms with Crippen LogP contribution in [0, 0.1) is 0 Å². The Bertz CT molecular complexity index is 407. The topological polar surface area (TPSA) is 57.4 Å². The standard InChI is InChI=1S/C14H22N2O3/c1-17-10-14(6-2-3-7-14)13-15-12(16-19-13)11-4-8-18-9-5-11/h11H,2-10H2,1H3. The lowest BCUT2D eigenvalue weighted by Gasteiger charge is -2.23. The number of hydrogen-bond acceptors (Lipinski definition) is 5. The van der Waals surface area contributed by atoms with E-state index in [0.717, 1.165) is 50.6 Å². The van der Waals surface area contributed by atoms with Crippen LogP contribution in [0.3, 0.4) is 0 Å². The summed E-state index contributed by atoms with van der Waals surface area (Å²) in [6, 6.07) is 0. The van der Waals surface area contributed by atoms with Gasteiger partial charge in [-0.1, -0.05) is 18.0 Å². The molecule has 2 aliphatic rings. The van der Waals surface area contributed by atoms with Crippen molar-refractivity contribution in [2.75, 3.05) is 26.9 Å². The molecule has 1 aliphatic heterocycles. The molecule has 0 unspecified atom stereocenters. The second-order valence-electron chi connectivity index (χ2n) is 5.76. The molecule has 19 heavy (non-hydrogen) atoms. The third-order valence-electron chi connectivity index (χ3n) is 4.46. The number of nitrogens with zero attached hydrogens (tertiary/aromatic N) is 2. The molecule has 0 spiro atoms. The van der Waals surface area contributed by atoms with Crippen LogP contribution in [0.5, 0.6) is 0 Å². The first-order valence-corrected chi connectivity index (χ1v) is 7.25. The van der Waals surface area contributed by atoms with Crippen LogP contribution in [0.25, 0.3) is 0 Å². The average molecular weight is 266 g/mol. The van der Waals surface area contributed by atoms with Crippen LogP contribution in [0.4, 0.5) is 0 Å². The van der Waals surface area contributed by atoms with Crippen molar-refractivity contribution >= 4 is 0 Å². The molecule has 0 radical (unpaired) electrons. The maximum absolute atomic E-state index is 5.58. The van der Waals surface area contributed by atoms with Gasteiger partial charge in [0, 0.05) is 26.2 Å². The first-order valence-electron chi connectivity index (χ1n) is 7.25. The number of methoxy groups -OCH3 is 1. The highest BCUT2D eigenvalue weighted by Crippen LogP contribution is 2.41. The molecule has 0 atom stereocenters. The molecule has 3 rings (SSSR count). The van der Waals surface area contributed by atoms with Crippen LogP contribution in [-0.2, 0) is 14.9 Å². The molecule has 2 fully saturated rings. The zero-order valence-corrected chi connectivity index (χ0v) is 11.6. The van der Waals surface area contributed by atoms with E-state index in [1.54, 1.807) is 7.11 Å². The van der Waals surface area contributed by atoms with Gasteiger partial charge in [0.25, 0.3) is 0 Å². The van der Waals surface area contributed by atoms with E-state index in [2.05, 4.69) is 5.16 Å². The number of ether oxygens (including phenoxy) is 2. The Morgan fingerprint density at radius 1 is 1.26 bits per heavy atom. The van der Waals surface area contributed by atoms with E-state index in [1.165, 1.54) is 12.8 Å². The quantitative estimate of drug-likeness (QED) is 0.837. The Morgan fingerprint density at radius 2 is 2.00 bits per heavy atom. The Labute approximate surface area is 113 Å². The fourth-order valence-corrected chi connectivity index (χ4v) is 3.32. The van der Waals surface area contributed by atoms with E-state index in [9.17, 15) is 0 Å². The summed E-state index contributed by atoms with van der Waals surface area (Å²) in [6.45, 7) is 2.29. The SMILES string of the molecule is COCC1(c2nc(C3CCOCC3)no2)CCCC1. The van der Waals surface area contributed by atoms with E-state index in [4.69, 9.17) is 19.0 Å². The molecule has 0 aromatic carbocycles. The van der Waals surface area contributed by atoms with Crippen LogP contribution in [0.15, 0.2) is 4.52 Å². The molecular weight excluding hydrogens is 244 g/mol. The van der Waals surface area contributed by atoms with Crippen molar-refractivity contribution in [3.05, 3.63) is 11.7 Å². The van der Waals surface area contributed by atoms with Crippen molar-refractivity contribution in [3.63, 3.8) is 0 Å². The van der Waals surface area contributed by atoms with E-state index in [1.807, 2.05) is 0 Å². The van der Waals surface area contributed by atoms with Crippen molar-refractivity contribution in [2.24, 2.45) is 0 Å². The maximum atomic E-state index is 5.58. The van der Waals surface area contributed by atoms with Gasteiger partial charge in [0.1, 0.15) is 0 Å². The lowest BCUT2D eigenvalue weighted by atomic mass is 9.87. The van der Waals surface area contributed by atoms with Crippen LogP contribution in [0.1, 0.15) is 56.2 Å². The van der Waals surface area contributed by atoms with Crippen LogP contribution in [0.2, 0.25) is 0 Å². The lowest BCUT2D eigenvalue weighted by molar-refractivity contribution is 0.0830. The highest BCUT2D eigenvalue weighted by Gasteiger charge is 2.41. The molecule has 0 amide bonds. The van der Waals surface area contributed by atoms with E-state index < -0.39 is 0 Å². The average Bonchev–Trinajstić information content (AvgIpc) is 3.09. The summed E-state index contributed by atoms with van der Waals surface area (Å²) < 4.78 is 16.3. The molecule has 0 N–H and O–H groups in total. The summed E-state index contributed by atoms with van der Waals surface area (Å²) in [5, 5.41) is 4.21. The van der Waals surface area contributed by atoms with Crippen LogP contribution < -0.4 is 0 Å². The minimum Gasteiger partial charge on any atom is -0.384 e. The first-order chi connectivity index (χ1) is 9.34. The fraction of sp³-hybridized carbons (Fsp3) is 0.857. The van der Waals surface area contributed by atoms with Gasteiger partial charge < -0.3 is 14.0 Å². The molecule has 2 heterocycles. The zero-order valence-electron chi connectivity index (χ0n) is 11.6. The fourth-order valence-electron chi connectivity index (χ4n) is 3.32. The summed E-state index contributed by atoms with van der Waals surface area (Å²) in [4.78, 5) is 4.69. The van der Waals surface area contributed by atoms with Gasteiger partial charge >= 0.3 is 0 Å². The molecule has 5 heteroatoms. The molecule has 5 nitrogen and oxygen atoms in total. The van der Waals surface area contributed by atoms with Gasteiger partial charge in [0.2, 0.25) is 5.89 Å². The molecule has 0 bridgehead atoms. The second-order valence-corrected chi connectivity index (χ2v) is 5.76. The van der Waals surface area contributed by atoms with Gasteiger partial charge in [-0.25, -0.2) is 0 Å². The van der Waals surface area contributed by atoms with Crippen molar-refractivity contribution in [1.29, 1.82) is 0 Å². The van der Waals surface area contributed by atoms with Crippen molar-refractivity contribution < 1.29 is 14.0 Å². The summed E-state index contributed by atoms with van der Waals surface area (Å²) in [5.41, 5.74) is -0.0365. The van der Waals surface area contributed by atoms with Gasteiger partial charge in [-0.2, -0.15) is 4.98 Å². The van der Waals surface area contributed by atoms with E-state index >= 15 is 0 Å². The van der Waals surface area contributed by atoms with E-state index in [0.29, 0.717) is 12.5 Å². The monoisotopic (exact) mass is 266 g/mol. The maximum Gasteiger partial charge on any atom is 0.235 e. The molecule has 1 saturated heterocycles. The number of aromatic nitrogens is 2. The van der Waals surface area contributed by atoms with Gasteiger partial charge in [0.05, 0.1) is 12.0 Å². The van der Waals surface area contributed by atoms with E-state index in [-0.39, 0.29) is 5.41 Å². The summed E-state index contributed by atoms with van der Waals surface area (Å²) in [7, 11) is 1.75. The predicted octanol–water partition coefficient (Wildman–Crippen LogP) is 2.42. The Morgan fingerprint density at radius 3 is 2.68 bits per heavy atom. The van der Waals surface area contributed by atoms with Gasteiger partial charge in [-0.3, -0.25) is 0 Å². The summed E-state index contributed by atoms with van der Waals surface area (Å²) in [5.74, 6) is 2.04.